The first-order valence-corrected chi connectivity index (χ1v) is 9.92. The predicted molar refractivity (Wildman–Crippen MR) is 98.6 cm³/mol. The summed E-state index contributed by atoms with van der Waals surface area (Å²) in [5.74, 6) is 0.174. The largest absolute Gasteiger partial charge is 0.379 e. The number of amides is 1. The van der Waals surface area contributed by atoms with Crippen molar-refractivity contribution >= 4 is 5.91 Å². The highest BCUT2D eigenvalue weighted by atomic mass is 16.5. The van der Waals surface area contributed by atoms with Gasteiger partial charge in [-0.1, -0.05) is 0 Å². The van der Waals surface area contributed by atoms with Gasteiger partial charge >= 0.3 is 0 Å². The number of rotatable bonds is 3. The first kappa shape index (κ1) is 17.9. The van der Waals surface area contributed by atoms with E-state index in [2.05, 4.69) is 35.0 Å². The Morgan fingerprint density at radius 2 is 2.15 bits per heavy atom. The van der Waals surface area contributed by atoms with Crippen molar-refractivity contribution in [1.82, 2.24) is 24.9 Å². The SMILES string of the molecule is Cc1cc([C@@H]2CCCN2C2CC(N3CCOC[C@H]3C)CC(=O)N2)nn1C. The van der Waals surface area contributed by atoms with Crippen LogP contribution in [0.5, 0.6) is 0 Å². The molecule has 7 nitrogen and oxygen atoms in total. The standard InChI is InChI=1S/C19H31N5O2/c1-13-9-16(21-22(13)3)17-5-4-6-24(17)18-10-15(11-19(25)20-18)23-7-8-26-12-14(23)2/h9,14-15,17-18H,4-8,10-12H2,1-3H3,(H,20,25)/t14-,15?,17+,18?/m1/s1. The lowest BCUT2D eigenvalue weighted by Crippen LogP contribution is -2.59. The molecule has 144 valence electrons. The van der Waals surface area contributed by atoms with Crippen LogP contribution in [0.3, 0.4) is 0 Å². The van der Waals surface area contributed by atoms with E-state index in [4.69, 9.17) is 9.84 Å². The minimum Gasteiger partial charge on any atom is -0.379 e. The Labute approximate surface area is 155 Å². The number of aromatic nitrogens is 2. The molecule has 4 atom stereocenters. The van der Waals surface area contributed by atoms with Crippen molar-refractivity contribution in [3.8, 4) is 0 Å². The molecule has 1 amide bonds. The summed E-state index contributed by atoms with van der Waals surface area (Å²) >= 11 is 0. The van der Waals surface area contributed by atoms with Crippen LogP contribution in [0.1, 0.15) is 50.0 Å². The van der Waals surface area contributed by atoms with Crippen LogP contribution in [0.15, 0.2) is 6.07 Å². The van der Waals surface area contributed by atoms with Crippen molar-refractivity contribution in [3.05, 3.63) is 17.5 Å². The van der Waals surface area contributed by atoms with Crippen molar-refractivity contribution < 1.29 is 9.53 Å². The Hall–Kier alpha value is -1.44. The lowest BCUT2D eigenvalue weighted by Gasteiger charge is -2.45. The number of likely N-dealkylation sites (tertiary alicyclic amines) is 1. The summed E-state index contributed by atoms with van der Waals surface area (Å²) in [6, 6.07) is 3.18. The monoisotopic (exact) mass is 361 g/mol. The third-order valence-corrected chi connectivity index (χ3v) is 6.30. The number of carbonyl (C=O) groups is 1. The van der Waals surface area contributed by atoms with E-state index in [1.807, 2.05) is 11.7 Å². The van der Waals surface area contributed by atoms with Crippen molar-refractivity contribution in [2.45, 2.75) is 63.8 Å². The summed E-state index contributed by atoms with van der Waals surface area (Å²) in [5.41, 5.74) is 2.32. The Bertz CT molecular complexity index is 641. The predicted octanol–water partition coefficient (Wildman–Crippen LogP) is 1.19. The van der Waals surface area contributed by atoms with Gasteiger partial charge in [0.15, 0.2) is 0 Å². The quantitative estimate of drug-likeness (QED) is 0.876. The number of piperidine rings is 1. The van der Waals surface area contributed by atoms with Gasteiger partial charge in [-0.2, -0.15) is 5.10 Å². The third kappa shape index (κ3) is 3.40. The van der Waals surface area contributed by atoms with E-state index < -0.39 is 0 Å². The molecule has 0 saturated carbocycles. The van der Waals surface area contributed by atoms with Gasteiger partial charge < -0.3 is 10.1 Å². The van der Waals surface area contributed by atoms with Crippen LogP contribution in [-0.2, 0) is 16.6 Å². The molecule has 2 unspecified atom stereocenters. The highest BCUT2D eigenvalue weighted by molar-refractivity contribution is 5.77. The molecule has 0 radical (unpaired) electrons. The zero-order chi connectivity index (χ0) is 18.3. The van der Waals surface area contributed by atoms with Gasteiger partial charge in [-0.05, 0) is 39.2 Å². The zero-order valence-electron chi connectivity index (χ0n) is 16.1. The summed E-state index contributed by atoms with van der Waals surface area (Å²) in [4.78, 5) is 17.4. The van der Waals surface area contributed by atoms with Crippen molar-refractivity contribution in [1.29, 1.82) is 0 Å². The molecule has 3 fully saturated rings. The molecule has 3 aliphatic rings. The molecule has 0 spiro atoms. The Kier molecular flexibility index (Phi) is 5.03. The summed E-state index contributed by atoms with van der Waals surface area (Å²) < 4.78 is 7.53. The average molecular weight is 361 g/mol. The number of ether oxygens (including phenoxy) is 1. The molecular weight excluding hydrogens is 330 g/mol. The molecule has 7 heteroatoms. The van der Waals surface area contributed by atoms with Gasteiger partial charge in [-0.25, -0.2) is 0 Å². The number of hydrogen-bond donors (Lipinski definition) is 1. The molecule has 3 saturated heterocycles. The fourth-order valence-corrected chi connectivity index (χ4v) is 4.84. The van der Waals surface area contributed by atoms with E-state index >= 15 is 0 Å². The lowest BCUT2D eigenvalue weighted by atomic mass is 9.98. The zero-order valence-corrected chi connectivity index (χ0v) is 16.1. The van der Waals surface area contributed by atoms with Crippen molar-refractivity contribution in [3.63, 3.8) is 0 Å². The molecule has 1 aromatic heterocycles. The molecule has 4 heterocycles. The van der Waals surface area contributed by atoms with E-state index in [1.54, 1.807) is 0 Å². The topological polar surface area (TPSA) is 62.6 Å². The van der Waals surface area contributed by atoms with E-state index in [0.29, 0.717) is 24.5 Å². The highest BCUT2D eigenvalue weighted by Gasteiger charge is 2.40. The molecule has 3 aliphatic heterocycles. The van der Waals surface area contributed by atoms with Crippen LogP contribution in [0.2, 0.25) is 0 Å². The van der Waals surface area contributed by atoms with Gasteiger partial charge in [0.05, 0.1) is 31.1 Å². The molecule has 1 aromatic rings. The van der Waals surface area contributed by atoms with Crippen molar-refractivity contribution in [2.24, 2.45) is 7.05 Å². The number of nitrogens with zero attached hydrogens (tertiary/aromatic N) is 4. The first-order valence-electron chi connectivity index (χ1n) is 9.92. The molecule has 0 aliphatic carbocycles. The van der Waals surface area contributed by atoms with Gasteiger partial charge in [-0.15, -0.1) is 0 Å². The Morgan fingerprint density at radius 1 is 1.31 bits per heavy atom. The first-order chi connectivity index (χ1) is 12.5. The Morgan fingerprint density at radius 3 is 2.88 bits per heavy atom. The highest BCUT2D eigenvalue weighted by Crippen LogP contribution is 2.35. The van der Waals surface area contributed by atoms with Gasteiger partial charge in [0.1, 0.15) is 0 Å². The normalized spacial score (nSPS) is 34.2. The Balaban J connectivity index is 1.51. The van der Waals surface area contributed by atoms with E-state index in [0.717, 1.165) is 51.3 Å². The summed E-state index contributed by atoms with van der Waals surface area (Å²) in [6.07, 6.45) is 3.96. The molecule has 1 N–H and O–H groups in total. The second-order valence-electron chi connectivity index (χ2n) is 8.07. The smallest absolute Gasteiger partial charge is 0.222 e. The second-order valence-corrected chi connectivity index (χ2v) is 8.07. The van der Waals surface area contributed by atoms with Crippen LogP contribution in [0.4, 0.5) is 0 Å². The number of morpholine rings is 1. The molecule has 26 heavy (non-hydrogen) atoms. The van der Waals surface area contributed by atoms with E-state index in [-0.39, 0.29) is 12.1 Å². The number of hydrogen-bond acceptors (Lipinski definition) is 5. The number of carbonyl (C=O) groups excluding carboxylic acids is 1. The molecular formula is C19H31N5O2. The maximum atomic E-state index is 12.5. The summed E-state index contributed by atoms with van der Waals surface area (Å²) in [7, 11) is 2.00. The van der Waals surface area contributed by atoms with Gasteiger partial charge in [0.25, 0.3) is 0 Å². The van der Waals surface area contributed by atoms with Crippen LogP contribution in [-0.4, -0.2) is 70.0 Å². The minimum absolute atomic E-state index is 0.103. The van der Waals surface area contributed by atoms with Crippen LogP contribution >= 0.6 is 0 Å². The van der Waals surface area contributed by atoms with Crippen molar-refractivity contribution in [2.75, 3.05) is 26.3 Å². The van der Waals surface area contributed by atoms with E-state index in [1.165, 1.54) is 5.69 Å². The van der Waals surface area contributed by atoms with E-state index in [9.17, 15) is 4.79 Å². The van der Waals surface area contributed by atoms with Crippen LogP contribution < -0.4 is 5.32 Å². The number of aryl methyl sites for hydroxylation is 2. The minimum atomic E-state index is 0.103. The maximum Gasteiger partial charge on any atom is 0.222 e. The van der Waals surface area contributed by atoms with Gasteiger partial charge in [-0.3, -0.25) is 19.3 Å². The van der Waals surface area contributed by atoms with Gasteiger partial charge in [0.2, 0.25) is 5.91 Å². The lowest BCUT2D eigenvalue weighted by molar-refractivity contribution is -0.130. The van der Waals surface area contributed by atoms with Crippen LogP contribution in [0, 0.1) is 6.92 Å². The average Bonchev–Trinajstić information content (AvgIpc) is 3.22. The van der Waals surface area contributed by atoms with Crippen LogP contribution in [0.25, 0.3) is 0 Å². The molecule has 0 aromatic carbocycles. The second kappa shape index (κ2) is 7.29. The molecule has 4 rings (SSSR count). The van der Waals surface area contributed by atoms with Gasteiger partial charge in [0, 0.05) is 44.3 Å². The maximum absolute atomic E-state index is 12.5. The fraction of sp³-hybridized carbons (Fsp3) is 0.789. The third-order valence-electron chi connectivity index (χ3n) is 6.30. The summed E-state index contributed by atoms with van der Waals surface area (Å²) in [6.45, 7) is 7.78. The number of nitrogens with one attached hydrogen (secondary N) is 1. The summed E-state index contributed by atoms with van der Waals surface area (Å²) in [5, 5.41) is 7.97. The molecule has 0 bridgehead atoms. The fourth-order valence-electron chi connectivity index (χ4n) is 4.84.